The summed E-state index contributed by atoms with van der Waals surface area (Å²) in [6, 6.07) is 0.0393. The van der Waals surface area contributed by atoms with Crippen molar-refractivity contribution in [2.75, 3.05) is 13.1 Å². The number of imide groups is 1. The number of carboxylic acids is 1. The van der Waals surface area contributed by atoms with Gasteiger partial charge in [-0.1, -0.05) is 0 Å². The highest BCUT2D eigenvalue weighted by Gasteiger charge is 2.31. The average molecular weight is 269 g/mol. The first-order chi connectivity index (χ1) is 9.04. The molecule has 2 rings (SSSR count). The van der Waals surface area contributed by atoms with Gasteiger partial charge in [0.05, 0.1) is 13.0 Å². The molecule has 0 aromatic rings. The van der Waals surface area contributed by atoms with Gasteiger partial charge in [-0.3, -0.25) is 19.8 Å². The molecular formula is C12H19N3O4. The quantitative estimate of drug-likeness (QED) is 0.600. The SMILES string of the molecule is O=C(O)CCN(CC(=O)NC(=O)NC1CC1)C1CC1. The van der Waals surface area contributed by atoms with Gasteiger partial charge in [0, 0.05) is 18.6 Å². The lowest BCUT2D eigenvalue weighted by atomic mass is 10.3. The van der Waals surface area contributed by atoms with E-state index in [2.05, 4.69) is 10.6 Å². The van der Waals surface area contributed by atoms with Crippen LogP contribution in [0.25, 0.3) is 0 Å². The Balaban J connectivity index is 1.70. The van der Waals surface area contributed by atoms with Gasteiger partial charge in [0.25, 0.3) is 0 Å². The lowest BCUT2D eigenvalue weighted by Gasteiger charge is -2.20. The molecule has 0 atom stereocenters. The van der Waals surface area contributed by atoms with Crippen LogP contribution in [-0.4, -0.2) is 53.1 Å². The van der Waals surface area contributed by atoms with E-state index < -0.39 is 12.0 Å². The van der Waals surface area contributed by atoms with Gasteiger partial charge in [-0.05, 0) is 25.7 Å². The van der Waals surface area contributed by atoms with Gasteiger partial charge in [0.2, 0.25) is 5.91 Å². The highest BCUT2D eigenvalue weighted by molar-refractivity contribution is 5.95. The first-order valence-corrected chi connectivity index (χ1v) is 6.61. The number of amides is 3. The Morgan fingerprint density at radius 2 is 1.84 bits per heavy atom. The van der Waals surface area contributed by atoms with E-state index in [4.69, 9.17) is 5.11 Å². The van der Waals surface area contributed by atoms with Crippen molar-refractivity contribution in [3.05, 3.63) is 0 Å². The van der Waals surface area contributed by atoms with Crippen molar-refractivity contribution in [3.8, 4) is 0 Å². The van der Waals surface area contributed by atoms with Crippen molar-refractivity contribution < 1.29 is 19.5 Å². The molecule has 0 aliphatic heterocycles. The number of nitrogens with zero attached hydrogens (tertiary/aromatic N) is 1. The zero-order valence-corrected chi connectivity index (χ0v) is 10.7. The van der Waals surface area contributed by atoms with Crippen molar-refractivity contribution in [2.24, 2.45) is 0 Å². The standard InChI is InChI=1S/C12H19N3O4/c16-10(14-12(19)13-8-1-2-8)7-15(9-3-4-9)6-5-11(17)18/h8-9H,1-7H2,(H,17,18)(H2,13,14,16,19). The summed E-state index contributed by atoms with van der Waals surface area (Å²) in [5, 5.41) is 13.6. The van der Waals surface area contributed by atoms with Crippen LogP contribution in [0.1, 0.15) is 32.1 Å². The second-order valence-electron chi connectivity index (χ2n) is 5.14. The number of nitrogens with one attached hydrogen (secondary N) is 2. The van der Waals surface area contributed by atoms with Crippen LogP contribution in [0.5, 0.6) is 0 Å². The maximum absolute atomic E-state index is 11.7. The molecule has 3 N–H and O–H groups in total. The van der Waals surface area contributed by atoms with Crippen molar-refractivity contribution in [3.63, 3.8) is 0 Å². The largest absolute Gasteiger partial charge is 0.481 e. The normalized spacial score (nSPS) is 18.2. The molecule has 2 aliphatic rings. The third kappa shape index (κ3) is 5.25. The second-order valence-corrected chi connectivity index (χ2v) is 5.14. The molecule has 0 radical (unpaired) electrons. The molecule has 0 aromatic carbocycles. The number of hydrogen-bond donors (Lipinski definition) is 3. The fourth-order valence-corrected chi connectivity index (χ4v) is 1.87. The van der Waals surface area contributed by atoms with Gasteiger partial charge >= 0.3 is 12.0 Å². The van der Waals surface area contributed by atoms with Gasteiger partial charge in [-0.25, -0.2) is 4.79 Å². The number of rotatable bonds is 7. The fourth-order valence-electron chi connectivity index (χ4n) is 1.87. The Morgan fingerprint density at radius 3 is 2.37 bits per heavy atom. The summed E-state index contributed by atoms with van der Waals surface area (Å²) < 4.78 is 0. The minimum atomic E-state index is -0.877. The van der Waals surface area contributed by atoms with Crippen molar-refractivity contribution >= 4 is 17.9 Å². The summed E-state index contributed by atoms with van der Waals surface area (Å²) in [5.74, 6) is -1.26. The Morgan fingerprint density at radius 1 is 1.16 bits per heavy atom. The van der Waals surface area contributed by atoms with Crippen LogP contribution in [0, 0.1) is 0 Å². The van der Waals surface area contributed by atoms with E-state index in [-0.39, 0.29) is 31.0 Å². The average Bonchev–Trinajstić information content (AvgIpc) is 3.15. The smallest absolute Gasteiger partial charge is 0.321 e. The maximum Gasteiger partial charge on any atom is 0.321 e. The van der Waals surface area contributed by atoms with Crippen LogP contribution in [-0.2, 0) is 9.59 Å². The topological polar surface area (TPSA) is 98.7 Å². The van der Waals surface area contributed by atoms with Gasteiger partial charge in [0.15, 0.2) is 0 Å². The van der Waals surface area contributed by atoms with Crippen LogP contribution in [0.15, 0.2) is 0 Å². The lowest BCUT2D eigenvalue weighted by molar-refractivity contribution is -0.137. The van der Waals surface area contributed by atoms with E-state index in [0.29, 0.717) is 6.54 Å². The summed E-state index contributed by atoms with van der Waals surface area (Å²) in [6.45, 7) is 0.424. The van der Waals surface area contributed by atoms with E-state index in [1.807, 2.05) is 4.90 Å². The minimum Gasteiger partial charge on any atom is -0.481 e. The van der Waals surface area contributed by atoms with Gasteiger partial charge in [-0.15, -0.1) is 0 Å². The molecule has 106 valence electrons. The number of aliphatic carboxylic acids is 1. The maximum atomic E-state index is 11.7. The Bertz CT molecular complexity index is 377. The molecule has 0 heterocycles. The van der Waals surface area contributed by atoms with Gasteiger partial charge in [0.1, 0.15) is 0 Å². The highest BCUT2D eigenvalue weighted by Crippen LogP contribution is 2.26. The van der Waals surface area contributed by atoms with Crippen molar-refractivity contribution in [1.29, 1.82) is 0 Å². The van der Waals surface area contributed by atoms with Crippen molar-refractivity contribution in [1.82, 2.24) is 15.5 Å². The van der Waals surface area contributed by atoms with Crippen LogP contribution in [0.4, 0.5) is 4.79 Å². The number of carbonyl (C=O) groups excluding carboxylic acids is 2. The molecule has 0 unspecified atom stereocenters. The summed E-state index contributed by atoms with van der Waals surface area (Å²) in [6.07, 6.45) is 3.92. The molecule has 2 saturated carbocycles. The molecule has 3 amide bonds. The van der Waals surface area contributed by atoms with Crippen LogP contribution >= 0.6 is 0 Å². The third-order valence-corrected chi connectivity index (χ3v) is 3.19. The fraction of sp³-hybridized carbons (Fsp3) is 0.750. The molecular weight excluding hydrogens is 250 g/mol. The Labute approximate surface area is 111 Å². The monoisotopic (exact) mass is 269 g/mol. The molecule has 7 nitrogen and oxygen atoms in total. The van der Waals surface area contributed by atoms with Crippen molar-refractivity contribution in [2.45, 2.75) is 44.2 Å². The summed E-state index contributed by atoms with van der Waals surface area (Å²) in [4.78, 5) is 35.4. The van der Waals surface area contributed by atoms with Crippen LogP contribution in [0.3, 0.4) is 0 Å². The summed E-state index contributed by atoms with van der Waals surface area (Å²) in [5.41, 5.74) is 0. The van der Waals surface area contributed by atoms with E-state index in [1.54, 1.807) is 0 Å². The molecule has 0 bridgehead atoms. The van der Waals surface area contributed by atoms with Crippen LogP contribution < -0.4 is 10.6 Å². The van der Waals surface area contributed by atoms with Gasteiger partial charge < -0.3 is 10.4 Å². The van der Waals surface area contributed by atoms with E-state index in [1.165, 1.54) is 0 Å². The molecule has 0 spiro atoms. The minimum absolute atomic E-state index is 0.0120. The summed E-state index contributed by atoms with van der Waals surface area (Å²) in [7, 11) is 0. The van der Waals surface area contributed by atoms with E-state index in [9.17, 15) is 14.4 Å². The Kier molecular flexibility index (Phi) is 4.36. The first-order valence-electron chi connectivity index (χ1n) is 6.61. The van der Waals surface area contributed by atoms with E-state index >= 15 is 0 Å². The predicted octanol–water partition coefficient (Wildman–Crippen LogP) is -0.0863. The molecule has 0 aromatic heterocycles. The molecule has 2 fully saturated rings. The van der Waals surface area contributed by atoms with Gasteiger partial charge in [-0.2, -0.15) is 0 Å². The number of carbonyl (C=O) groups is 3. The Hall–Kier alpha value is -1.63. The molecule has 7 heteroatoms. The number of hydrogen-bond acceptors (Lipinski definition) is 4. The van der Waals surface area contributed by atoms with E-state index in [0.717, 1.165) is 25.7 Å². The highest BCUT2D eigenvalue weighted by atomic mass is 16.4. The molecule has 0 saturated heterocycles. The third-order valence-electron chi connectivity index (χ3n) is 3.19. The predicted molar refractivity (Wildman–Crippen MR) is 66.5 cm³/mol. The zero-order chi connectivity index (χ0) is 13.8. The number of carboxylic acid groups (broad SMARTS) is 1. The zero-order valence-electron chi connectivity index (χ0n) is 10.7. The number of urea groups is 1. The first kappa shape index (κ1) is 13.8. The lowest BCUT2D eigenvalue weighted by Crippen LogP contribution is -2.46. The van der Waals surface area contributed by atoms with Crippen LogP contribution in [0.2, 0.25) is 0 Å². The molecule has 2 aliphatic carbocycles. The second kappa shape index (κ2) is 6.01. The molecule has 19 heavy (non-hydrogen) atoms. The summed E-state index contributed by atoms with van der Waals surface area (Å²) >= 11 is 0.